The maximum atomic E-state index is 5.78. The van der Waals surface area contributed by atoms with Crippen molar-refractivity contribution in [3.8, 4) is 0 Å². The van der Waals surface area contributed by atoms with E-state index in [2.05, 4.69) is 70.0 Å². The van der Waals surface area contributed by atoms with E-state index >= 15 is 0 Å². The average Bonchev–Trinajstić information content (AvgIpc) is 3.19. The van der Waals surface area contributed by atoms with E-state index in [4.69, 9.17) is 11.5 Å². The molecule has 3 heterocycles. The largest absolute Gasteiger partial charge is 0.399 e. The first-order valence-electron chi connectivity index (χ1n) is 18.1. The molecule has 0 radical (unpaired) electrons. The Labute approximate surface area is 315 Å². The molecule has 270 valence electrons. The van der Waals surface area contributed by atoms with E-state index in [-0.39, 0.29) is 0 Å². The van der Waals surface area contributed by atoms with Crippen LogP contribution in [0.3, 0.4) is 0 Å². The topological polar surface area (TPSA) is 141 Å². The van der Waals surface area contributed by atoms with Crippen molar-refractivity contribution >= 4 is 56.9 Å². The highest BCUT2D eigenvalue weighted by Gasteiger charge is 2.22. The van der Waals surface area contributed by atoms with Crippen LogP contribution in [-0.4, -0.2) is 18.1 Å². The summed E-state index contributed by atoms with van der Waals surface area (Å²) in [7, 11) is 0. The van der Waals surface area contributed by atoms with E-state index in [0.29, 0.717) is 0 Å². The minimum Gasteiger partial charge on any atom is -0.399 e. The van der Waals surface area contributed by atoms with Gasteiger partial charge in [-0.25, -0.2) is 19.2 Å². The zero-order valence-corrected chi connectivity index (χ0v) is 30.0. The highest BCUT2D eigenvalue weighted by atomic mass is 15.7. The van der Waals surface area contributed by atoms with Gasteiger partial charge in [0.2, 0.25) is 0 Å². The number of nitrogens with two attached hydrogens (primary N) is 2. The number of aryl methyl sites for hydroxylation is 2. The smallest absolute Gasteiger partial charge is 0.196 e. The summed E-state index contributed by atoms with van der Waals surface area (Å²) in [6, 6.07) is 39.0. The van der Waals surface area contributed by atoms with Crippen LogP contribution in [0.15, 0.2) is 179 Å². The molecule has 0 aliphatic carbocycles. The first-order valence-corrected chi connectivity index (χ1v) is 18.1. The summed E-state index contributed by atoms with van der Waals surface area (Å²) in [5, 5.41) is 28.3. The lowest BCUT2D eigenvalue weighted by Crippen LogP contribution is -3.17. The van der Waals surface area contributed by atoms with Crippen LogP contribution >= 0.6 is 0 Å². The predicted octanol–water partition coefficient (Wildman–Crippen LogP) is 7.81. The lowest BCUT2D eigenvalue weighted by molar-refractivity contribution is -0.986. The first kappa shape index (κ1) is 35.5. The lowest BCUT2D eigenvalue weighted by Gasteiger charge is -2.32. The van der Waals surface area contributed by atoms with E-state index in [1.807, 2.05) is 134 Å². The van der Waals surface area contributed by atoms with Gasteiger partial charge in [0.05, 0.1) is 24.3 Å². The molecule has 4 aromatic carbocycles. The van der Waals surface area contributed by atoms with E-state index in [0.717, 1.165) is 95.9 Å². The zero-order chi connectivity index (χ0) is 37.0. The fraction of sp³-hybridized carbons (Fsp3) is 0.143. The van der Waals surface area contributed by atoms with Gasteiger partial charge in [0.25, 0.3) is 0 Å². The Balaban J connectivity index is 0.812. The Bertz CT molecular complexity index is 2040. The summed E-state index contributed by atoms with van der Waals surface area (Å²) >= 11 is 0. The fourth-order valence-electron chi connectivity index (χ4n) is 5.93. The number of nitrogens with zero attached hydrogens (tertiary/aromatic N) is 7. The molecule has 1 atom stereocenters. The molecule has 7 rings (SSSR count). The van der Waals surface area contributed by atoms with Crippen molar-refractivity contribution in [1.82, 2.24) is 5.01 Å². The minimum atomic E-state index is 0.741. The second kappa shape index (κ2) is 17.5. The number of nitrogen functional groups attached to an aromatic ring is 2. The summed E-state index contributed by atoms with van der Waals surface area (Å²) in [4.78, 5) is 0. The van der Waals surface area contributed by atoms with E-state index in [9.17, 15) is 0 Å². The van der Waals surface area contributed by atoms with Crippen molar-refractivity contribution in [2.24, 2.45) is 20.5 Å². The van der Waals surface area contributed by atoms with Crippen molar-refractivity contribution in [2.75, 3.05) is 35.2 Å². The number of aromatic nitrogens is 2. The number of hydrogen-bond donors (Lipinski definition) is 5. The number of quaternary nitrogens is 1. The number of azo groups is 2. The normalized spacial score (nSPS) is 13.7. The summed E-state index contributed by atoms with van der Waals surface area (Å²) in [5.74, 6) is 0. The number of hydrogen-bond acceptors (Lipinski definition) is 9. The van der Waals surface area contributed by atoms with Crippen LogP contribution in [0.4, 0.5) is 56.9 Å². The third-order valence-corrected chi connectivity index (χ3v) is 8.86. The third kappa shape index (κ3) is 10.3. The van der Waals surface area contributed by atoms with Gasteiger partial charge < -0.3 is 22.1 Å². The average molecular weight is 718 g/mol. The third-order valence-electron chi connectivity index (χ3n) is 8.86. The van der Waals surface area contributed by atoms with Gasteiger partial charge in [0, 0.05) is 52.7 Å². The Hall–Kier alpha value is -6.92. The fourth-order valence-corrected chi connectivity index (χ4v) is 5.93. The Kier molecular flexibility index (Phi) is 11.5. The monoisotopic (exact) mass is 717 g/mol. The molecule has 0 saturated carbocycles. The van der Waals surface area contributed by atoms with Crippen LogP contribution < -0.4 is 36.2 Å². The van der Waals surface area contributed by atoms with Crippen molar-refractivity contribution in [3.05, 3.63) is 159 Å². The predicted molar refractivity (Wildman–Crippen MR) is 214 cm³/mol. The van der Waals surface area contributed by atoms with Gasteiger partial charge in [-0.1, -0.05) is 0 Å². The molecule has 0 bridgehead atoms. The first-order chi connectivity index (χ1) is 26.5. The van der Waals surface area contributed by atoms with Crippen LogP contribution in [-0.2, 0) is 13.1 Å². The molecular formula is C42H45N12+3. The molecule has 1 aliphatic heterocycles. The summed E-state index contributed by atoms with van der Waals surface area (Å²) in [5.41, 5.74) is 20.2. The van der Waals surface area contributed by atoms with Gasteiger partial charge in [-0.2, -0.15) is 10.2 Å². The van der Waals surface area contributed by atoms with Crippen LogP contribution in [0.1, 0.15) is 12.8 Å². The van der Waals surface area contributed by atoms with Crippen LogP contribution in [0.25, 0.3) is 0 Å². The number of pyridine rings is 2. The molecule has 1 aliphatic rings. The summed E-state index contributed by atoms with van der Waals surface area (Å²) in [6.07, 6.45) is 14.7. The number of rotatable bonds is 16. The molecule has 12 heteroatoms. The quantitative estimate of drug-likeness (QED) is 0.0395. The van der Waals surface area contributed by atoms with Crippen LogP contribution in [0.5, 0.6) is 0 Å². The van der Waals surface area contributed by atoms with Gasteiger partial charge in [-0.15, -0.1) is 10.2 Å². The molecule has 12 nitrogen and oxygen atoms in total. The van der Waals surface area contributed by atoms with Crippen molar-refractivity contribution in [3.63, 3.8) is 0 Å². The number of anilines is 6. The van der Waals surface area contributed by atoms with E-state index < -0.39 is 0 Å². The number of nitrogens with one attached hydrogen (secondary N) is 3. The zero-order valence-electron chi connectivity index (χ0n) is 30.0. The van der Waals surface area contributed by atoms with Crippen molar-refractivity contribution < 1.29 is 14.1 Å². The molecule has 7 N–H and O–H groups in total. The SMILES string of the molecule is Nc1ccc(Nc2ccc(N=Nc3ccc[n+](CCCN4C=C[NH+]4CCC[n+]4cccc(N=Nc5ccc(Nc6ccc(N)cc6)cc5)c4)c3)cc2)cc1. The maximum Gasteiger partial charge on any atom is 0.196 e. The van der Waals surface area contributed by atoms with Gasteiger partial charge in [-0.05, 0) is 109 Å². The Morgan fingerprint density at radius 2 is 0.944 bits per heavy atom. The van der Waals surface area contributed by atoms with Gasteiger partial charge >= 0.3 is 0 Å². The highest BCUT2D eigenvalue weighted by molar-refractivity contribution is 5.64. The van der Waals surface area contributed by atoms with Gasteiger partial charge in [-0.3, -0.25) is 0 Å². The molecule has 0 spiro atoms. The van der Waals surface area contributed by atoms with Gasteiger partial charge in [0.1, 0.15) is 36.9 Å². The molecule has 2 aromatic heterocycles. The molecule has 6 aromatic rings. The highest BCUT2D eigenvalue weighted by Crippen LogP contribution is 2.24. The molecule has 54 heavy (non-hydrogen) atoms. The number of benzene rings is 4. The standard InChI is InChI=1S/C42H44N12/c43-33-7-11-35(12-8-33)45-37-15-19-39(20-16-37)47-49-41-5-1-23-51(31-41)25-3-27-53-29-30-54(53)28-4-26-52-24-2-6-42(32-52)50-48-40-21-17-38(18-22-40)46-36-13-9-34(44)10-14-36/h1-2,5-24,29-32,45-46H,3-4,25-28,43-44H2/q+2/p+1. The molecule has 1 unspecified atom stereocenters. The lowest BCUT2D eigenvalue weighted by atomic mass is 10.2. The molecule has 0 saturated heterocycles. The van der Waals surface area contributed by atoms with E-state index in [1.165, 1.54) is 5.01 Å². The van der Waals surface area contributed by atoms with Crippen LogP contribution in [0.2, 0.25) is 0 Å². The second-order valence-electron chi connectivity index (χ2n) is 13.0. The maximum absolute atomic E-state index is 5.78. The Morgan fingerprint density at radius 1 is 0.519 bits per heavy atom. The van der Waals surface area contributed by atoms with Crippen molar-refractivity contribution in [1.29, 1.82) is 0 Å². The molecular weight excluding hydrogens is 673 g/mol. The molecule has 0 fully saturated rings. The Morgan fingerprint density at radius 3 is 1.39 bits per heavy atom. The summed E-state index contributed by atoms with van der Waals surface area (Å²) in [6.45, 7) is 3.80. The van der Waals surface area contributed by atoms with Crippen molar-refractivity contribution in [2.45, 2.75) is 25.9 Å². The minimum absolute atomic E-state index is 0.741. The molecule has 0 amide bonds. The summed E-state index contributed by atoms with van der Waals surface area (Å²) < 4.78 is 4.35. The van der Waals surface area contributed by atoms with Gasteiger partial charge in [0.15, 0.2) is 31.3 Å². The van der Waals surface area contributed by atoms with E-state index in [1.54, 1.807) is 0 Å². The van der Waals surface area contributed by atoms with Crippen LogP contribution in [0, 0.1) is 0 Å². The second-order valence-corrected chi connectivity index (χ2v) is 13.0.